The summed E-state index contributed by atoms with van der Waals surface area (Å²) in [6, 6.07) is 22.6. The number of anilines is 2. The van der Waals surface area contributed by atoms with Crippen LogP contribution in [0, 0.1) is 21.4 Å². The van der Waals surface area contributed by atoms with Gasteiger partial charge in [-0.05, 0) is 73.3 Å². The van der Waals surface area contributed by atoms with E-state index in [2.05, 4.69) is 32.9 Å². The Bertz CT molecular complexity index is 1690. The van der Waals surface area contributed by atoms with Crippen LogP contribution in [0.4, 0.5) is 17.3 Å². The largest absolute Gasteiger partial charge is 0.424 e. The Morgan fingerprint density at radius 1 is 0.953 bits per heavy atom. The summed E-state index contributed by atoms with van der Waals surface area (Å²) < 4.78 is 5.99. The van der Waals surface area contributed by atoms with Gasteiger partial charge in [-0.25, -0.2) is 0 Å². The van der Waals surface area contributed by atoms with E-state index in [-0.39, 0.29) is 23.0 Å². The summed E-state index contributed by atoms with van der Waals surface area (Å²) in [5.41, 5.74) is 2.75. The third-order valence-corrected chi connectivity index (χ3v) is 8.45. The van der Waals surface area contributed by atoms with E-state index in [0.29, 0.717) is 34.5 Å². The van der Waals surface area contributed by atoms with Crippen LogP contribution < -0.4 is 14.5 Å². The number of amides is 1. The molecule has 6 rings (SSSR count). The molecule has 1 unspecified atom stereocenters. The molecule has 2 saturated heterocycles. The van der Waals surface area contributed by atoms with E-state index in [1.54, 1.807) is 41.3 Å². The molecule has 2 aliphatic heterocycles. The van der Waals surface area contributed by atoms with Gasteiger partial charge in [0.2, 0.25) is 11.9 Å². The molecule has 1 atom stereocenters. The average Bonchev–Trinajstić information content (AvgIpc) is 3.43. The predicted molar refractivity (Wildman–Crippen MR) is 162 cm³/mol. The number of benzene rings is 3. The second-order valence-electron chi connectivity index (χ2n) is 10.1. The van der Waals surface area contributed by atoms with Crippen LogP contribution in [-0.4, -0.2) is 69.7 Å². The standard InChI is InChI=1S/C30H26N8O4S/c1-35-14-16-36(17-15-35)29-32-27(33-30(34-29)42-25-12-2-20(18-31)3-13-25)21-4-8-23(9-5-21)37-26(39)19-43-28(37)22-6-10-24(11-7-22)38(40)41/h2-13,28H,14-17,19H2,1H3. The van der Waals surface area contributed by atoms with E-state index in [4.69, 9.17) is 15.0 Å². The monoisotopic (exact) mass is 594 g/mol. The van der Waals surface area contributed by atoms with Crippen molar-refractivity contribution in [1.82, 2.24) is 19.9 Å². The summed E-state index contributed by atoms with van der Waals surface area (Å²) in [5, 5.41) is 19.9. The fourth-order valence-corrected chi connectivity index (χ4v) is 6.03. The van der Waals surface area contributed by atoms with E-state index in [9.17, 15) is 14.9 Å². The zero-order chi connectivity index (χ0) is 29.9. The van der Waals surface area contributed by atoms with Gasteiger partial charge in [0.15, 0.2) is 5.82 Å². The molecule has 13 heteroatoms. The van der Waals surface area contributed by atoms with Crippen molar-refractivity contribution in [3.63, 3.8) is 0 Å². The van der Waals surface area contributed by atoms with Crippen molar-refractivity contribution >= 4 is 35.0 Å². The van der Waals surface area contributed by atoms with Gasteiger partial charge in [0.05, 0.1) is 22.3 Å². The highest BCUT2D eigenvalue weighted by atomic mass is 32.2. The van der Waals surface area contributed by atoms with Crippen molar-refractivity contribution in [1.29, 1.82) is 5.26 Å². The third kappa shape index (κ3) is 6.11. The van der Waals surface area contributed by atoms with E-state index >= 15 is 0 Å². The Kier molecular flexibility index (Phi) is 7.86. The van der Waals surface area contributed by atoms with Gasteiger partial charge in [0.25, 0.3) is 5.69 Å². The van der Waals surface area contributed by atoms with Crippen molar-refractivity contribution in [2.45, 2.75) is 5.37 Å². The Hall–Kier alpha value is -5.06. The molecule has 1 aromatic heterocycles. The number of hydrogen-bond acceptors (Lipinski definition) is 11. The first-order chi connectivity index (χ1) is 20.9. The molecule has 0 N–H and O–H groups in total. The molecular weight excluding hydrogens is 568 g/mol. The highest BCUT2D eigenvalue weighted by molar-refractivity contribution is 8.00. The molecular formula is C30H26N8O4S. The zero-order valence-electron chi connectivity index (χ0n) is 23.2. The quantitative estimate of drug-likeness (QED) is 0.218. The molecule has 0 aliphatic carbocycles. The number of ether oxygens (including phenoxy) is 1. The van der Waals surface area contributed by atoms with Crippen molar-refractivity contribution in [3.8, 4) is 29.2 Å². The third-order valence-electron chi connectivity index (χ3n) is 7.24. The second kappa shape index (κ2) is 12.0. The summed E-state index contributed by atoms with van der Waals surface area (Å²) in [5.74, 6) is 1.69. The molecule has 43 heavy (non-hydrogen) atoms. The van der Waals surface area contributed by atoms with Crippen molar-refractivity contribution in [2.24, 2.45) is 0 Å². The molecule has 12 nitrogen and oxygen atoms in total. The minimum absolute atomic E-state index is 0.00445. The Balaban J connectivity index is 1.29. The number of carbonyl (C=O) groups excluding carboxylic acids is 1. The van der Waals surface area contributed by atoms with Crippen LogP contribution >= 0.6 is 11.8 Å². The van der Waals surface area contributed by atoms with E-state index in [0.717, 1.165) is 37.3 Å². The van der Waals surface area contributed by atoms with E-state index in [1.807, 2.05) is 24.3 Å². The fourth-order valence-electron chi connectivity index (χ4n) is 4.85. The first kappa shape index (κ1) is 28.1. The Morgan fingerprint density at radius 2 is 1.65 bits per heavy atom. The fraction of sp³-hybridized carbons (Fsp3) is 0.233. The highest BCUT2D eigenvalue weighted by Crippen LogP contribution is 2.42. The first-order valence-corrected chi connectivity index (χ1v) is 14.6. The zero-order valence-corrected chi connectivity index (χ0v) is 24.0. The maximum absolute atomic E-state index is 12.9. The maximum Gasteiger partial charge on any atom is 0.327 e. The first-order valence-electron chi connectivity index (χ1n) is 13.5. The SMILES string of the molecule is CN1CCN(c2nc(Oc3ccc(C#N)cc3)nc(-c3ccc(N4C(=O)CSC4c4ccc([N+](=O)[O-])cc4)cc3)n2)CC1. The Morgan fingerprint density at radius 3 is 2.30 bits per heavy atom. The number of rotatable bonds is 7. The van der Waals surface area contributed by atoms with Crippen molar-refractivity contribution in [2.75, 3.05) is 48.8 Å². The van der Waals surface area contributed by atoms with Crippen LogP contribution in [0.25, 0.3) is 11.4 Å². The molecule has 2 fully saturated rings. The molecule has 4 aromatic rings. The lowest BCUT2D eigenvalue weighted by molar-refractivity contribution is -0.384. The van der Waals surface area contributed by atoms with Gasteiger partial charge in [0, 0.05) is 49.6 Å². The van der Waals surface area contributed by atoms with E-state index < -0.39 is 4.92 Å². The molecule has 0 spiro atoms. The summed E-state index contributed by atoms with van der Waals surface area (Å²) in [6.07, 6.45) is 0. The molecule has 1 amide bonds. The summed E-state index contributed by atoms with van der Waals surface area (Å²) in [6.45, 7) is 3.26. The number of likely N-dealkylation sites (N-methyl/N-ethyl adjacent to an activating group) is 1. The molecule has 0 radical (unpaired) electrons. The normalized spacial score (nSPS) is 17.1. The smallest absolute Gasteiger partial charge is 0.327 e. The maximum atomic E-state index is 12.9. The highest BCUT2D eigenvalue weighted by Gasteiger charge is 2.34. The van der Waals surface area contributed by atoms with Gasteiger partial charge in [0.1, 0.15) is 11.1 Å². The number of non-ortho nitro benzene ring substituents is 1. The molecule has 216 valence electrons. The number of nitro benzene ring substituents is 1. The van der Waals surface area contributed by atoms with Crippen LogP contribution in [0.5, 0.6) is 11.8 Å². The van der Waals surface area contributed by atoms with Gasteiger partial charge in [-0.15, -0.1) is 11.8 Å². The minimum atomic E-state index is -0.440. The number of nitro groups is 1. The lowest BCUT2D eigenvalue weighted by Gasteiger charge is -2.32. The van der Waals surface area contributed by atoms with Gasteiger partial charge in [-0.2, -0.15) is 20.2 Å². The number of aromatic nitrogens is 3. The number of hydrogen-bond donors (Lipinski definition) is 0. The summed E-state index contributed by atoms with van der Waals surface area (Å²) in [7, 11) is 2.08. The van der Waals surface area contributed by atoms with Crippen LogP contribution in [0.2, 0.25) is 0 Å². The van der Waals surface area contributed by atoms with Gasteiger partial charge in [-0.1, -0.05) is 0 Å². The van der Waals surface area contributed by atoms with Crippen molar-refractivity contribution < 1.29 is 14.5 Å². The van der Waals surface area contributed by atoms with Crippen LogP contribution in [0.15, 0.2) is 72.8 Å². The lowest BCUT2D eigenvalue weighted by Crippen LogP contribution is -2.45. The van der Waals surface area contributed by atoms with Gasteiger partial charge < -0.3 is 14.5 Å². The molecule has 3 aromatic carbocycles. The summed E-state index contributed by atoms with van der Waals surface area (Å²) >= 11 is 1.47. The minimum Gasteiger partial charge on any atom is -0.424 e. The Labute approximate surface area is 251 Å². The lowest BCUT2D eigenvalue weighted by atomic mass is 10.1. The average molecular weight is 595 g/mol. The second-order valence-corrected chi connectivity index (χ2v) is 11.2. The van der Waals surface area contributed by atoms with Crippen LogP contribution in [0.1, 0.15) is 16.5 Å². The molecule has 0 bridgehead atoms. The van der Waals surface area contributed by atoms with Crippen LogP contribution in [0.3, 0.4) is 0 Å². The number of nitrogens with zero attached hydrogens (tertiary/aromatic N) is 8. The molecule has 0 saturated carbocycles. The molecule has 2 aliphatic rings. The van der Waals surface area contributed by atoms with Crippen molar-refractivity contribution in [3.05, 3.63) is 94.0 Å². The predicted octanol–water partition coefficient (Wildman–Crippen LogP) is 4.64. The molecule has 3 heterocycles. The number of nitriles is 1. The number of carbonyl (C=O) groups is 1. The van der Waals surface area contributed by atoms with Gasteiger partial charge >= 0.3 is 6.01 Å². The van der Waals surface area contributed by atoms with Crippen LogP contribution in [-0.2, 0) is 4.79 Å². The van der Waals surface area contributed by atoms with Gasteiger partial charge in [-0.3, -0.25) is 19.8 Å². The topological polar surface area (TPSA) is 142 Å². The van der Waals surface area contributed by atoms with E-state index in [1.165, 1.54) is 23.9 Å². The number of piperazine rings is 1. The summed E-state index contributed by atoms with van der Waals surface area (Å²) in [4.78, 5) is 43.6. The number of thioether (sulfide) groups is 1.